The Balaban J connectivity index is 1.20. The molecule has 0 atom stereocenters. The maximum atomic E-state index is 6.63. The molecule has 11 rings (SSSR count). The summed E-state index contributed by atoms with van der Waals surface area (Å²) in [6, 6.07) is 65.5. The van der Waals surface area contributed by atoms with Gasteiger partial charge in [0.1, 0.15) is 11.2 Å². The highest BCUT2D eigenvalue weighted by Crippen LogP contribution is 2.42. The monoisotopic (exact) mass is 650 g/mol. The highest BCUT2D eigenvalue weighted by atomic mass is 16.3. The van der Waals surface area contributed by atoms with Crippen molar-refractivity contribution in [3.8, 4) is 33.6 Å². The van der Waals surface area contributed by atoms with Crippen molar-refractivity contribution in [1.29, 1.82) is 0 Å². The predicted molar refractivity (Wildman–Crippen MR) is 213 cm³/mol. The Bertz CT molecular complexity index is 3090. The molecule has 3 nitrogen and oxygen atoms in total. The second kappa shape index (κ2) is 10.8. The Morgan fingerprint density at radius 1 is 0.314 bits per heavy atom. The lowest BCUT2D eigenvalue weighted by atomic mass is 9.97. The molecule has 51 heavy (non-hydrogen) atoms. The average Bonchev–Trinajstić information content (AvgIpc) is 3.85. The molecule has 0 aliphatic rings. The Labute approximate surface area is 293 Å². The van der Waals surface area contributed by atoms with Gasteiger partial charge in [-0.05, 0) is 82.9 Å². The number of rotatable bonds is 4. The smallest absolute Gasteiger partial charge is 0.138 e. The van der Waals surface area contributed by atoms with Crippen LogP contribution in [0.1, 0.15) is 0 Å². The molecule has 0 fully saturated rings. The molecule has 0 spiro atoms. The van der Waals surface area contributed by atoms with E-state index in [-0.39, 0.29) is 0 Å². The molecular formula is C48H30N2O. The Hall–Kier alpha value is -6.84. The van der Waals surface area contributed by atoms with Gasteiger partial charge in [-0.3, -0.25) is 0 Å². The van der Waals surface area contributed by atoms with E-state index in [1.165, 1.54) is 43.7 Å². The minimum Gasteiger partial charge on any atom is -0.456 e. The van der Waals surface area contributed by atoms with Gasteiger partial charge in [-0.25, -0.2) is 0 Å². The third-order valence-electron chi connectivity index (χ3n) is 10.5. The summed E-state index contributed by atoms with van der Waals surface area (Å²) < 4.78 is 11.5. The molecule has 0 bridgehead atoms. The summed E-state index contributed by atoms with van der Waals surface area (Å²) in [5.41, 5.74) is 13.4. The van der Waals surface area contributed by atoms with Crippen LogP contribution in [0.5, 0.6) is 0 Å². The summed E-state index contributed by atoms with van der Waals surface area (Å²) >= 11 is 0. The normalized spacial score (nSPS) is 11.9. The van der Waals surface area contributed by atoms with Gasteiger partial charge in [-0.1, -0.05) is 121 Å². The first kappa shape index (κ1) is 28.0. The summed E-state index contributed by atoms with van der Waals surface area (Å²) in [5.74, 6) is 0. The van der Waals surface area contributed by atoms with E-state index in [0.717, 1.165) is 55.5 Å². The topological polar surface area (TPSA) is 23.0 Å². The lowest BCUT2D eigenvalue weighted by Gasteiger charge is -2.14. The molecule has 0 saturated carbocycles. The molecule has 0 aliphatic carbocycles. The number of furan rings is 1. The zero-order chi connectivity index (χ0) is 33.5. The lowest BCUT2D eigenvalue weighted by molar-refractivity contribution is 0.669. The van der Waals surface area contributed by atoms with Crippen molar-refractivity contribution in [3.05, 3.63) is 182 Å². The number of hydrogen-bond donors (Lipinski definition) is 0. The number of para-hydroxylation sites is 4. The average molecular weight is 651 g/mol. The highest BCUT2D eigenvalue weighted by Gasteiger charge is 2.21. The summed E-state index contributed by atoms with van der Waals surface area (Å²) in [5, 5.41) is 7.17. The first-order chi connectivity index (χ1) is 25.3. The summed E-state index contributed by atoms with van der Waals surface area (Å²) in [7, 11) is 0. The van der Waals surface area contributed by atoms with Gasteiger partial charge in [0, 0.05) is 32.6 Å². The zero-order valence-electron chi connectivity index (χ0n) is 27.6. The molecule has 3 heteroatoms. The minimum absolute atomic E-state index is 0.877. The van der Waals surface area contributed by atoms with Gasteiger partial charge < -0.3 is 13.6 Å². The summed E-state index contributed by atoms with van der Waals surface area (Å²) in [6.45, 7) is 0. The van der Waals surface area contributed by atoms with E-state index >= 15 is 0 Å². The van der Waals surface area contributed by atoms with Crippen LogP contribution in [0.2, 0.25) is 0 Å². The van der Waals surface area contributed by atoms with Gasteiger partial charge in [0.15, 0.2) is 0 Å². The van der Waals surface area contributed by atoms with Crippen molar-refractivity contribution in [2.75, 3.05) is 0 Å². The van der Waals surface area contributed by atoms with Gasteiger partial charge in [-0.15, -0.1) is 0 Å². The Morgan fingerprint density at radius 2 is 0.863 bits per heavy atom. The van der Waals surface area contributed by atoms with Crippen molar-refractivity contribution >= 4 is 65.6 Å². The number of nitrogens with zero attached hydrogens (tertiary/aromatic N) is 2. The third kappa shape index (κ3) is 4.19. The molecule has 0 amide bonds. The maximum absolute atomic E-state index is 6.63. The molecule has 0 N–H and O–H groups in total. The summed E-state index contributed by atoms with van der Waals surface area (Å²) in [4.78, 5) is 0. The molecule has 3 aromatic heterocycles. The van der Waals surface area contributed by atoms with Crippen LogP contribution in [0.25, 0.3) is 99.2 Å². The first-order valence-electron chi connectivity index (χ1n) is 17.4. The van der Waals surface area contributed by atoms with Crippen molar-refractivity contribution in [2.24, 2.45) is 0 Å². The van der Waals surface area contributed by atoms with Crippen LogP contribution in [0.15, 0.2) is 186 Å². The van der Waals surface area contributed by atoms with Crippen LogP contribution in [0.3, 0.4) is 0 Å². The highest BCUT2D eigenvalue weighted by molar-refractivity contribution is 6.16. The fourth-order valence-corrected chi connectivity index (χ4v) is 8.24. The zero-order valence-corrected chi connectivity index (χ0v) is 27.6. The van der Waals surface area contributed by atoms with Gasteiger partial charge in [0.2, 0.25) is 0 Å². The second-order valence-corrected chi connectivity index (χ2v) is 13.3. The molecule has 238 valence electrons. The molecule has 3 heterocycles. The molecule has 0 unspecified atom stereocenters. The maximum Gasteiger partial charge on any atom is 0.138 e. The van der Waals surface area contributed by atoms with Crippen LogP contribution in [0, 0.1) is 0 Å². The van der Waals surface area contributed by atoms with Crippen LogP contribution < -0.4 is 0 Å². The van der Waals surface area contributed by atoms with Crippen molar-refractivity contribution in [1.82, 2.24) is 9.13 Å². The fourth-order valence-electron chi connectivity index (χ4n) is 8.24. The number of hydrogen-bond acceptors (Lipinski definition) is 1. The van der Waals surface area contributed by atoms with E-state index in [2.05, 4.69) is 185 Å². The van der Waals surface area contributed by atoms with Crippen LogP contribution >= 0.6 is 0 Å². The van der Waals surface area contributed by atoms with Crippen molar-refractivity contribution in [3.63, 3.8) is 0 Å². The lowest BCUT2D eigenvalue weighted by Crippen LogP contribution is -1.97. The van der Waals surface area contributed by atoms with Crippen molar-refractivity contribution in [2.45, 2.75) is 0 Å². The van der Waals surface area contributed by atoms with Crippen molar-refractivity contribution < 1.29 is 4.42 Å². The minimum atomic E-state index is 0.877. The predicted octanol–water partition coefficient (Wildman–Crippen LogP) is 13.1. The standard InChI is InChI=1S/C48H30N2O/c1-2-13-31(14-3-1)32-15-12-16-33(27-32)34-28-45(48-39-20-7-11-24-46(39)51-47(48)29-34)50-43-23-10-6-19-38(43)40-30-35(25-26-44(40)50)49-41-21-8-4-17-36(41)37-18-5-9-22-42(37)49/h1-30H. The number of aromatic nitrogens is 2. The largest absolute Gasteiger partial charge is 0.456 e. The quantitative estimate of drug-likeness (QED) is 0.186. The van der Waals surface area contributed by atoms with E-state index in [1.54, 1.807) is 0 Å². The second-order valence-electron chi connectivity index (χ2n) is 13.3. The molecule has 0 radical (unpaired) electrons. The molecule has 0 saturated heterocycles. The van der Waals surface area contributed by atoms with E-state index in [1.807, 2.05) is 6.07 Å². The molecular weight excluding hydrogens is 621 g/mol. The van der Waals surface area contributed by atoms with Gasteiger partial charge in [0.25, 0.3) is 0 Å². The first-order valence-corrected chi connectivity index (χ1v) is 17.4. The molecule has 8 aromatic carbocycles. The Kier molecular flexibility index (Phi) is 5.96. The van der Waals surface area contributed by atoms with Gasteiger partial charge in [0.05, 0.1) is 33.1 Å². The van der Waals surface area contributed by atoms with E-state index < -0.39 is 0 Å². The summed E-state index contributed by atoms with van der Waals surface area (Å²) in [6.07, 6.45) is 0. The van der Waals surface area contributed by atoms with Crippen LogP contribution in [-0.4, -0.2) is 9.13 Å². The molecule has 0 aliphatic heterocycles. The van der Waals surface area contributed by atoms with Crippen LogP contribution in [-0.2, 0) is 0 Å². The fraction of sp³-hybridized carbons (Fsp3) is 0. The van der Waals surface area contributed by atoms with E-state index in [4.69, 9.17) is 4.42 Å². The van der Waals surface area contributed by atoms with Gasteiger partial charge >= 0.3 is 0 Å². The SMILES string of the molecule is c1ccc(-c2cccc(-c3cc(-n4c5ccccc5c5cc(-n6c7ccccc7c7ccccc76)ccc54)c4c(c3)oc3ccccc34)c2)cc1. The van der Waals surface area contributed by atoms with E-state index in [9.17, 15) is 0 Å². The van der Waals surface area contributed by atoms with Gasteiger partial charge in [-0.2, -0.15) is 0 Å². The van der Waals surface area contributed by atoms with E-state index in [0.29, 0.717) is 0 Å². The van der Waals surface area contributed by atoms with Crippen LogP contribution in [0.4, 0.5) is 0 Å². The third-order valence-corrected chi connectivity index (χ3v) is 10.5. The number of benzene rings is 8. The molecule has 11 aromatic rings. The number of fused-ring (bicyclic) bond motifs is 9. The Morgan fingerprint density at radius 3 is 1.59 bits per heavy atom.